The van der Waals surface area contributed by atoms with Crippen molar-refractivity contribution in [2.75, 3.05) is 6.54 Å². The first-order valence-corrected chi connectivity index (χ1v) is 5.24. The Morgan fingerprint density at radius 1 is 1.21 bits per heavy atom. The van der Waals surface area contributed by atoms with E-state index in [4.69, 9.17) is 4.74 Å². The Labute approximate surface area is 82.2 Å². The zero-order valence-electron chi connectivity index (χ0n) is 8.10. The lowest BCUT2D eigenvalue weighted by molar-refractivity contribution is -0.142. The lowest BCUT2D eigenvalue weighted by Crippen LogP contribution is -2.33. The molecule has 2 unspecified atom stereocenters. The summed E-state index contributed by atoms with van der Waals surface area (Å²) in [6.45, 7) is 2.35. The first-order valence-electron chi connectivity index (χ1n) is 5.24. The van der Waals surface area contributed by atoms with E-state index in [1.165, 1.54) is 4.90 Å². The molecule has 0 spiro atoms. The molecule has 14 heavy (non-hydrogen) atoms. The molecule has 0 saturated carbocycles. The van der Waals surface area contributed by atoms with Gasteiger partial charge in [0.15, 0.2) is 0 Å². The molecule has 0 aromatic carbocycles. The molecule has 3 heterocycles. The van der Waals surface area contributed by atoms with Crippen molar-refractivity contribution in [2.45, 2.75) is 32.0 Å². The minimum atomic E-state index is -0.152. The zero-order chi connectivity index (χ0) is 9.87. The van der Waals surface area contributed by atoms with E-state index in [-0.39, 0.29) is 35.9 Å². The number of hydrogen-bond donors (Lipinski definition) is 0. The number of likely N-dealkylation sites (tertiary alicyclic amines) is 1. The highest BCUT2D eigenvalue weighted by Gasteiger charge is 2.61. The number of carbonyl (C=O) groups excluding carboxylic acids is 2. The Balaban J connectivity index is 1.98. The molecule has 0 radical (unpaired) electrons. The van der Waals surface area contributed by atoms with Crippen LogP contribution in [0.5, 0.6) is 0 Å². The summed E-state index contributed by atoms with van der Waals surface area (Å²) < 4.78 is 5.60. The number of rotatable bonds is 1. The molecular formula is C10H13NO3. The van der Waals surface area contributed by atoms with Gasteiger partial charge in [0.25, 0.3) is 0 Å². The second kappa shape index (κ2) is 2.57. The van der Waals surface area contributed by atoms with Crippen molar-refractivity contribution in [2.24, 2.45) is 11.8 Å². The van der Waals surface area contributed by atoms with Crippen molar-refractivity contribution in [3.05, 3.63) is 0 Å². The van der Waals surface area contributed by atoms with Crippen LogP contribution in [0.4, 0.5) is 0 Å². The Kier molecular flexibility index (Phi) is 1.54. The molecule has 0 N–H and O–H groups in total. The van der Waals surface area contributed by atoms with Gasteiger partial charge in [0, 0.05) is 6.54 Å². The molecule has 3 aliphatic heterocycles. The number of hydrogen-bond acceptors (Lipinski definition) is 3. The first-order chi connectivity index (χ1) is 6.74. The van der Waals surface area contributed by atoms with Gasteiger partial charge in [0.1, 0.15) is 0 Å². The number of nitrogens with zero attached hydrogens (tertiary/aromatic N) is 1. The number of ether oxygens (including phenoxy) is 1. The summed E-state index contributed by atoms with van der Waals surface area (Å²) >= 11 is 0. The maximum absolute atomic E-state index is 11.8. The third kappa shape index (κ3) is 0.780. The van der Waals surface area contributed by atoms with Crippen molar-refractivity contribution in [3.8, 4) is 0 Å². The predicted molar refractivity (Wildman–Crippen MR) is 47.3 cm³/mol. The first kappa shape index (κ1) is 8.41. The van der Waals surface area contributed by atoms with Gasteiger partial charge >= 0.3 is 0 Å². The molecule has 4 heteroatoms. The maximum atomic E-state index is 11.8. The van der Waals surface area contributed by atoms with Crippen LogP contribution in [0.2, 0.25) is 0 Å². The highest BCUT2D eigenvalue weighted by molar-refractivity contribution is 6.06. The summed E-state index contributed by atoms with van der Waals surface area (Å²) in [6, 6.07) is 0. The summed E-state index contributed by atoms with van der Waals surface area (Å²) in [5, 5.41) is 0. The van der Waals surface area contributed by atoms with Gasteiger partial charge in [0.05, 0.1) is 24.0 Å². The van der Waals surface area contributed by atoms with Crippen LogP contribution in [-0.4, -0.2) is 35.5 Å². The molecule has 3 saturated heterocycles. The van der Waals surface area contributed by atoms with E-state index in [0.29, 0.717) is 6.54 Å². The SMILES string of the molecule is CCN1C(=O)C2C(C1=O)[C@H]1CC[C@@H]2O1. The summed E-state index contributed by atoms with van der Waals surface area (Å²) in [7, 11) is 0. The molecule has 4 nitrogen and oxygen atoms in total. The fourth-order valence-electron chi connectivity index (χ4n) is 3.09. The summed E-state index contributed by atoms with van der Waals surface area (Å²) in [6.07, 6.45) is 1.95. The monoisotopic (exact) mass is 195 g/mol. The van der Waals surface area contributed by atoms with Gasteiger partial charge in [-0.1, -0.05) is 0 Å². The molecule has 2 bridgehead atoms. The molecule has 3 rings (SSSR count). The smallest absolute Gasteiger partial charge is 0.235 e. The van der Waals surface area contributed by atoms with Gasteiger partial charge in [0.2, 0.25) is 11.8 Å². The average molecular weight is 195 g/mol. The molecule has 2 amide bonds. The van der Waals surface area contributed by atoms with Crippen LogP contribution in [0.25, 0.3) is 0 Å². The second-order valence-corrected chi connectivity index (χ2v) is 4.26. The summed E-state index contributed by atoms with van der Waals surface area (Å²) in [5.74, 6) is -0.313. The highest BCUT2D eigenvalue weighted by atomic mass is 16.5. The minimum absolute atomic E-state index is 0.00491. The summed E-state index contributed by atoms with van der Waals surface area (Å²) in [4.78, 5) is 25.1. The number of amides is 2. The van der Waals surface area contributed by atoms with Crippen molar-refractivity contribution in [3.63, 3.8) is 0 Å². The number of imide groups is 1. The maximum Gasteiger partial charge on any atom is 0.235 e. The molecule has 3 fully saturated rings. The fourth-order valence-corrected chi connectivity index (χ4v) is 3.09. The third-order valence-corrected chi connectivity index (χ3v) is 3.69. The van der Waals surface area contributed by atoms with Crippen LogP contribution in [-0.2, 0) is 14.3 Å². The van der Waals surface area contributed by atoms with Crippen LogP contribution in [0.1, 0.15) is 19.8 Å². The Morgan fingerprint density at radius 2 is 1.71 bits per heavy atom. The lowest BCUT2D eigenvalue weighted by atomic mass is 9.81. The fraction of sp³-hybridized carbons (Fsp3) is 0.800. The largest absolute Gasteiger partial charge is 0.373 e. The van der Waals surface area contributed by atoms with Crippen molar-refractivity contribution >= 4 is 11.8 Å². The molecule has 3 aliphatic rings. The molecular weight excluding hydrogens is 182 g/mol. The van der Waals surface area contributed by atoms with E-state index >= 15 is 0 Å². The topological polar surface area (TPSA) is 46.6 Å². The van der Waals surface area contributed by atoms with E-state index in [1.54, 1.807) is 0 Å². The molecule has 0 aliphatic carbocycles. The zero-order valence-corrected chi connectivity index (χ0v) is 8.10. The quantitative estimate of drug-likeness (QED) is 0.560. The van der Waals surface area contributed by atoms with Crippen molar-refractivity contribution < 1.29 is 14.3 Å². The molecule has 0 aromatic heterocycles. The van der Waals surface area contributed by atoms with Crippen molar-refractivity contribution in [1.82, 2.24) is 4.90 Å². The van der Waals surface area contributed by atoms with E-state index in [2.05, 4.69) is 0 Å². The van der Waals surface area contributed by atoms with Crippen LogP contribution < -0.4 is 0 Å². The van der Waals surface area contributed by atoms with Crippen LogP contribution >= 0.6 is 0 Å². The Morgan fingerprint density at radius 3 is 2.14 bits per heavy atom. The minimum Gasteiger partial charge on any atom is -0.373 e. The van der Waals surface area contributed by atoms with Crippen molar-refractivity contribution in [1.29, 1.82) is 0 Å². The highest BCUT2D eigenvalue weighted by Crippen LogP contribution is 2.48. The van der Waals surface area contributed by atoms with Crippen LogP contribution in [0, 0.1) is 11.8 Å². The van der Waals surface area contributed by atoms with E-state index in [9.17, 15) is 9.59 Å². The van der Waals surface area contributed by atoms with Crippen LogP contribution in [0.3, 0.4) is 0 Å². The van der Waals surface area contributed by atoms with Gasteiger partial charge in [-0.3, -0.25) is 14.5 Å². The van der Waals surface area contributed by atoms with E-state index in [1.807, 2.05) is 6.92 Å². The molecule has 0 aromatic rings. The van der Waals surface area contributed by atoms with Gasteiger partial charge in [-0.25, -0.2) is 0 Å². The van der Waals surface area contributed by atoms with Gasteiger partial charge < -0.3 is 4.74 Å². The standard InChI is InChI=1S/C10H13NO3/c1-2-11-9(12)7-5-3-4-6(14-5)8(7)10(11)13/h5-8H,2-4H2,1H3/t5-,6+,7?,8?. The third-order valence-electron chi connectivity index (χ3n) is 3.69. The van der Waals surface area contributed by atoms with E-state index < -0.39 is 0 Å². The van der Waals surface area contributed by atoms with Gasteiger partial charge in [-0.05, 0) is 19.8 Å². The molecule has 4 atom stereocenters. The predicted octanol–water partition coefficient (Wildman–Crippen LogP) is 0.169. The normalized spacial score (nSPS) is 45.1. The summed E-state index contributed by atoms with van der Waals surface area (Å²) in [5.41, 5.74) is 0. The van der Waals surface area contributed by atoms with E-state index in [0.717, 1.165) is 12.8 Å². The molecule has 76 valence electrons. The Hall–Kier alpha value is -0.900. The lowest BCUT2D eigenvalue weighted by Gasteiger charge is -2.15. The van der Waals surface area contributed by atoms with Gasteiger partial charge in [-0.2, -0.15) is 0 Å². The average Bonchev–Trinajstić information content (AvgIpc) is 2.80. The van der Waals surface area contributed by atoms with Gasteiger partial charge in [-0.15, -0.1) is 0 Å². The number of fused-ring (bicyclic) bond motifs is 5. The van der Waals surface area contributed by atoms with Crippen LogP contribution in [0.15, 0.2) is 0 Å². The number of carbonyl (C=O) groups is 2. The Bertz CT molecular complexity index is 286. The second-order valence-electron chi connectivity index (χ2n) is 4.26.